The molecule has 0 radical (unpaired) electrons. The van der Waals surface area contributed by atoms with Crippen molar-refractivity contribution in [2.45, 2.75) is 13.5 Å². The number of halogens is 1. The molecule has 0 saturated carbocycles. The first-order valence-electron chi connectivity index (χ1n) is 7.61. The van der Waals surface area contributed by atoms with Gasteiger partial charge in [0.15, 0.2) is 0 Å². The van der Waals surface area contributed by atoms with E-state index in [-0.39, 0.29) is 33.1 Å². The number of allylic oxidation sites excluding steroid dienone is 1. The van der Waals surface area contributed by atoms with E-state index in [1.165, 1.54) is 24.3 Å². The first-order valence-corrected chi connectivity index (χ1v) is 8.80. The van der Waals surface area contributed by atoms with Crippen LogP contribution in [0.1, 0.15) is 26.4 Å². The highest BCUT2D eigenvalue weighted by Gasteiger charge is 2.27. The Morgan fingerprint density at radius 3 is 2.77 bits per heavy atom. The van der Waals surface area contributed by atoms with Gasteiger partial charge in [-0.25, -0.2) is 0 Å². The zero-order chi connectivity index (χ0) is 19.0. The Balaban J connectivity index is 2.32. The molecule has 1 N–H and O–H groups in total. The molecule has 0 saturated heterocycles. The van der Waals surface area contributed by atoms with Crippen molar-refractivity contribution in [3.05, 3.63) is 73.9 Å². The Bertz CT molecular complexity index is 1170. The SMILES string of the molecule is C=CCn1c(O)c(C(=O)c2sc3ccccc3c2Cl)c(C)c(C#N)c1=O. The Morgan fingerprint density at radius 2 is 2.15 bits per heavy atom. The summed E-state index contributed by atoms with van der Waals surface area (Å²) in [4.78, 5) is 25.7. The second-order valence-electron chi connectivity index (χ2n) is 5.59. The van der Waals surface area contributed by atoms with E-state index in [1.807, 2.05) is 24.3 Å². The fourth-order valence-electron chi connectivity index (χ4n) is 2.79. The van der Waals surface area contributed by atoms with Gasteiger partial charge in [-0.1, -0.05) is 35.9 Å². The van der Waals surface area contributed by atoms with E-state index < -0.39 is 17.2 Å². The number of benzene rings is 1. The van der Waals surface area contributed by atoms with Crippen LogP contribution in [0.5, 0.6) is 5.88 Å². The van der Waals surface area contributed by atoms with E-state index >= 15 is 0 Å². The number of carbonyl (C=O) groups excluding carboxylic acids is 1. The second-order valence-corrected chi connectivity index (χ2v) is 7.02. The third-order valence-electron chi connectivity index (χ3n) is 4.08. The van der Waals surface area contributed by atoms with Gasteiger partial charge in [-0.15, -0.1) is 17.9 Å². The van der Waals surface area contributed by atoms with Crippen molar-refractivity contribution < 1.29 is 9.90 Å². The zero-order valence-electron chi connectivity index (χ0n) is 13.7. The van der Waals surface area contributed by atoms with Crippen LogP contribution in [0.4, 0.5) is 0 Å². The van der Waals surface area contributed by atoms with Gasteiger partial charge in [0.1, 0.15) is 11.6 Å². The molecule has 2 heterocycles. The Labute approximate surface area is 158 Å². The Kier molecular flexibility index (Phi) is 4.68. The van der Waals surface area contributed by atoms with Crippen molar-refractivity contribution in [2.24, 2.45) is 0 Å². The van der Waals surface area contributed by atoms with Crippen LogP contribution in [0, 0.1) is 18.3 Å². The fraction of sp³-hybridized carbons (Fsp3) is 0.105. The van der Waals surface area contributed by atoms with E-state index in [0.717, 1.165) is 14.7 Å². The van der Waals surface area contributed by atoms with E-state index in [0.29, 0.717) is 0 Å². The average molecular weight is 385 g/mol. The molecule has 7 heteroatoms. The number of rotatable bonds is 4. The zero-order valence-corrected chi connectivity index (χ0v) is 15.3. The van der Waals surface area contributed by atoms with Crippen molar-refractivity contribution in [1.29, 1.82) is 5.26 Å². The molecule has 130 valence electrons. The average Bonchev–Trinajstić information content (AvgIpc) is 2.96. The summed E-state index contributed by atoms with van der Waals surface area (Å²) >= 11 is 7.57. The van der Waals surface area contributed by atoms with Crippen LogP contribution in [-0.4, -0.2) is 15.5 Å². The normalized spacial score (nSPS) is 10.7. The number of fused-ring (bicyclic) bond motifs is 1. The predicted octanol–water partition coefficient (Wildman–Crippen LogP) is 4.02. The van der Waals surface area contributed by atoms with Gasteiger partial charge in [-0.05, 0) is 18.6 Å². The van der Waals surface area contributed by atoms with Gasteiger partial charge in [-0.3, -0.25) is 14.2 Å². The van der Waals surface area contributed by atoms with Gasteiger partial charge in [0.05, 0.1) is 15.5 Å². The number of carbonyl (C=O) groups is 1. The number of hydrogen-bond acceptors (Lipinski definition) is 5. The lowest BCUT2D eigenvalue weighted by atomic mass is 10.0. The largest absolute Gasteiger partial charge is 0.494 e. The van der Waals surface area contributed by atoms with Crippen LogP contribution >= 0.6 is 22.9 Å². The van der Waals surface area contributed by atoms with Gasteiger partial charge in [0.25, 0.3) is 5.56 Å². The van der Waals surface area contributed by atoms with E-state index in [9.17, 15) is 20.0 Å². The molecule has 1 aromatic carbocycles. The van der Waals surface area contributed by atoms with Crippen LogP contribution in [0.3, 0.4) is 0 Å². The van der Waals surface area contributed by atoms with E-state index in [1.54, 1.807) is 6.07 Å². The fourth-order valence-corrected chi connectivity index (χ4v) is 4.26. The first kappa shape index (κ1) is 17.9. The topological polar surface area (TPSA) is 83.1 Å². The minimum atomic E-state index is -0.665. The summed E-state index contributed by atoms with van der Waals surface area (Å²) in [5, 5.41) is 20.9. The van der Waals surface area contributed by atoms with E-state index in [2.05, 4.69) is 6.58 Å². The number of aromatic hydroxyl groups is 1. The molecule has 0 spiro atoms. The monoisotopic (exact) mass is 384 g/mol. The molecule has 0 aliphatic rings. The van der Waals surface area contributed by atoms with Crippen LogP contribution in [0.15, 0.2) is 41.7 Å². The highest BCUT2D eigenvalue weighted by Crippen LogP contribution is 2.38. The van der Waals surface area contributed by atoms with Crippen LogP contribution in [-0.2, 0) is 6.54 Å². The summed E-state index contributed by atoms with van der Waals surface area (Å²) in [7, 11) is 0. The number of pyridine rings is 1. The number of nitrogens with zero attached hydrogens (tertiary/aromatic N) is 2. The quantitative estimate of drug-likeness (QED) is 0.544. The van der Waals surface area contributed by atoms with Crippen molar-refractivity contribution in [2.75, 3.05) is 0 Å². The van der Waals surface area contributed by atoms with Gasteiger partial charge < -0.3 is 5.11 Å². The molecule has 0 aliphatic heterocycles. The molecule has 26 heavy (non-hydrogen) atoms. The lowest BCUT2D eigenvalue weighted by molar-refractivity contribution is 0.103. The number of ketones is 1. The summed E-state index contributed by atoms with van der Waals surface area (Å²) < 4.78 is 1.78. The molecule has 0 amide bonds. The molecule has 3 aromatic rings. The smallest absolute Gasteiger partial charge is 0.271 e. The highest BCUT2D eigenvalue weighted by molar-refractivity contribution is 7.21. The van der Waals surface area contributed by atoms with E-state index in [4.69, 9.17) is 11.6 Å². The van der Waals surface area contributed by atoms with Gasteiger partial charge >= 0.3 is 0 Å². The number of nitriles is 1. The number of thiophene rings is 1. The third-order valence-corrected chi connectivity index (χ3v) is 5.75. The maximum Gasteiger partial charge on any atom is 0.271 e. The summed E-state index contributed by atoms with van der Waals surface area (Å²) in [5.41, 5.74) is -0.822. The standard InChI is InChI=1S/C19H13ClN2O3S/c1-3-8-22-18(24)12(9-21)10(2)14(19(22)25)16(23)17-15(20)11-6-4-5-7-13(11)26-17/h3-7,25H,1,8H2,2H3. The lowest BCUT2D eigenvalue weighted by Gasteiger charge is -2.14. The second kappa shape index (κ2) is 6.79. The Morgan fingerprint density at radius 1 is 1.46 bits per heavy atom. The van der Waals surface area contributed by atoms with Crippen LogP contribution in [0.25, 0.3) is 10.1 Å². The predicted molar refractivity (Wildman–Crippen MR) is 102 cm³/mol. The molecule has 0 atom stereocenters. The molecule has 3 rings (SSSR count). The van der Waals surface area contributed by atoms with Crippen LogP contribution < -0.4 is 5.56 Å². The minimum absolute atomic E-state index is 0.0277. The van der Waals surface area contributed by atoms with Crippen LogP contribution in [0.2, 0.25) is 5.02 Å². The molecule has 0 bridgehead atoms. The van der Waals surface area contributed by atoms with Gasteiger partial charge in [-0.2, -0.15) is 5.26 Å². The number of aromatic nitrogens is 1. The number of hydrogen-bond donors (Lipinski definition) is 1. The molecular formula is C19H13ClN2O3S. The molecular weight excluding hydrogens is 372 g/mol. The summed E-state index contributed by atoms with van der Waals surface area (Å²) in [6.07, 6.45) is 1.40. The summed E-state index contributed by atoms with van der Waals surface area (Å²) in [6, 6.07) is 9.11. The van der Waals surface area contributed by atoms with Gasteiger partial charge in [0, 0.05) is 16.6 Å². The molecule has 2 aromatic heterocycles. The van der Waals surface area contributed by atoms with Crippen molar-refractivity contribution in [3.63, 3.8) is 0 Å². The van der Waals surface area contributed by atoms with Gasteiger partial charge in [0.2, 0.25) is 11.7 Å². The first-order chi connectivity index (χ1) is 12.4. The third kappa shape index (κ3) is 2.62. The van der Waals surface area contributed by atoms with Crippen molar-refractivity contribution >= 4 is 38.8 Å². The molecule has 0 fully saturated rings. The van der Waals surface area contributed by atoms with Crippen molar-refractivity contribution in [3.8, 4) is 11.9 Å². The highest BCUT2D eigenvalue weighted by atomic mass is 35.5. The Hall–Kier alpha value is -2.88. The minimum Gasteiger partial charge on any atom is -0.494 e. The maximum absolute atomic E-state index is 13.1. The molecule has 5 nitrogen and oxygen atoms in total. The molecule has 0 aliphatic carbocycles. The lowest BCUT2D eigenvalue weighted by Crippen LogP contribution is -2.26. The summed E-state index contributed by atoms with van der Waals surface area (Å²) in [5.74, 6) is -1.02. The summed E-state index contributed by atoms with van der Waals surface area (Å²) in [6.45, 7) is 4.97. The molecule has 0 unspecified atom stereocenters. The van der Waals surface area contributed by atoms with Crippen molar-refractivity contribution in [1.82, 2.24) is 4.57 Å². The maximum atomic E-state index is 13.1.